The zero-order valence-electron chi connectivity index (χ0n) is 19.6. The molecule has 2 fully saturated rings. The molecule has 2 saturated heterocycles. The number of alkyl halides is 1. The van der Waals surface area contributed by atoms with Crippen LogP contribution in [-0.4, -0.2) is 73.6 Å². The summed E-state index contributed by atoms with van der Waals surface area (Å²) in [5.74, 6) is -2.21. The molecule has 0 N–H and O–H groups in total. The average molecular weight is 546 g/mol. The predicted octanol–water partition coefficient (Wildman–Crippen LogP) is 2.59. The third kappa shape index (κ3) is 3.91. The van der Waals surface area contributed by atoms with Crippen molar-refractivity contribution in [3.8, 4) is 5.75 Å². The topological polar surface area (TPSA) is 136 Å². The van der Waals surface area contributed by atoms with Gasteiger partial charge in [0.25, 0.3) is 23.4 Å². The molecule has 3 amide bonds. The van der Waals surface area contributed by atoms with Gasteiger partial charge in [0.2, 0.25) is 0 Å². The van der Waals surface area contributed by atoms with Crippen molar-refractivity contribution in [2.24, 2.45) is 0 Å². The Hall–Kier alpha value is -3.64. The normalized spacial score (nSPS) is 26.4. The van der Waals surface area contributed by atoms with E-state index in [0.29, 0.717) is 11.3 Å². The summed E-state index contributed by atoms with van der Waals surface area (Å²) < 4.78 is 10.6. The van der Waals surface area contributed by atoms with Crippen LogP contribution in [0.3, 0.4) is 0 Å². The predicted molar refractivity (Wildman–Crippen MR) is 131 cm³/mol. The molecular formula is C24H20ClN3O8S. The largest absolute Gasteiger partial charge is 0.497 e. The molecule has 0 spiro atoms. The standard InChI is InChI=1S/C24H20ClN3O8S/c1-24(25)11-37-22-17(26-19(29)14-4-3-5-15(28(33)34)16(14)20(26)30)21(31)27(22)18(24)23(32)36-10-12-6-8-13(35-2)9-7-12/h3-9,17-18,22H,10-11H2,1-2H3/t17?,18?,22-,24-/m1/s1. The summed E-state index contributed by atoms with van der Waals surface area (Å²) in [7, 11) is 1.54. The first-order chi connectivity index (χ1) is 17.6. The maximum Gasteiger partial charge on any atom is 0.331 e. The first kappa shape index (κ1) is 25.0. The van der Waals surface area contributed by atoms with Gasteiger partial charge in [-0.2, -0.15) is 0 Å². The lowest BCUT2D eigenvalue weighted by Gasteiger charge is -2.57. The maximum atomic E-state index is 13.3. The van der Waals surface area contributed by atoms with Crippen molar-refractivity contribution in [2.45, 2.75) is 35.9 Å². The smallest absolute Gasteiger partial charge is 0.331 e. The summed E-state index contributed by atoms with van der Waals surface area (Å²) in [6.07, 6.45) is 0. The number of benzene rings is 2. The molecular weight excluding hydrogens is 526 g/mol. The van der Waals surface area contributed by atoms with Crippen LogP contribution >= 0.6 is 23.4 Å². The molecule has 3 aliphatic heterocycles. The lowest BCUT2D eigenvalue weighted by atomic mass is 9.93. The summed E-state index contributed by atoms with van der Waals surface area (Å²) in [5, 5.41) is 10.7. The Bertz CT molecular complexity index is 1350. The highest BCUT2D eigenvalue weighted by atomic mass is 35.5. The summed E-state index contributed by atoms with van der Waals surface area (Å²) in [6.45, 7) is 1.56. The number of ether oxygens (including phenoxy) is 2. The summed E-state index contributed by atoms with van der Waals surface area (Å²) in [6, 6.07) is 8.28. The molecule has 11 nitrogen and oxygen atoms in total. The molecule has 2 unspecified atom stereocenters. The molecule has 3 aliphatic rings. The molecule has 0 saturated carbocycles. The first-order valence-corrected chi connectivity index (χ1v) is 12.6. The van der Waals surface area contributed by atoms with Crippen molar-refractivity contribution in [3.05, 3.63) is 69.3 Å². The van der Waals surface area contributed by atoms with E-state index in [-0.39, 0.29) is 23.5 Å². The number of fused-ring (bicyclic) bond motifs is 2. The SMILES string of the molecule is COc1ccc(COC(=O)C2N3C(=O)C(N4C(=O)c5cccc([N+](=O)[O-])c5C4=O)[C@H]3SC[C@@]2(C)Cl)cc1. The molecule has 0 bridgehead atoms. The minimum absolute atomic E-state index is 0.0579. The zero-order valence-corrected chi connectivity index (χ0v) is 21.2. The van der Waals surface area contributed by atoms with Gasteiger partial charge < -0.3 is 14.4 Å². The van der Waals surface area contributed by atoms with Crippen LogP contribution in [0.4, 0.5) is 5.69 Å². The molecule has 37 heavy (non-hydrogen) atoms. The van der Waals surface area contributed by atoms with Gasteiger partial charge in [0.15, 0.2) is 6.04 Å². The van der Waals surface area contributed by atoms with E-state index in [1.165, 1.54) is 35.9 Å². The van der Waals surface area contributed by atoms with Crippen LogP contribution < -0.4 is 4.74 Å². The number of esters is 1. The van der Waals surface area contributed by atoms with E-state index in [4.69, 9.17) is 21.1 Å². The number of amides is 3. The number of hydrogen-bond donors (Lipinski definition) is 0. The minimum atomic E-state index is -1.22. The number of nitro benzene ring substituents is 1. The minimum Gasteiger partial charge on any atom is -0.497 e. The number of β-lactam (4-membered cyclic amide) rings is 1. The highest BCUT2D eigenvalue weighted by Crippen LogP contribution is 2.48. The quantitative estimate of drug-likeness (QED) is 0.134. The fraction of sp³-hybridized carbons (Fsp3) is 0.333. The third-order valence-electron chi connectivity index (χ3n) is 6.60. The number of carbonyl (C=O) groups is 4. The van der Waals surface area contributed by atoms with Crippen LogP contribution in [0.25, 0.3) is 0 Å². The first-order valence-electron chi connectivity index (χ1n) is 11.1. The second kappa shape index (κ2) is 9.03. The monoisotopic (exact) mass is 545 g/mol. The average Bonchev–Trinajstić information content (AvgIpc) is 3.12. The fourth-order valence-electron chi connectivity index (χ4n) is 4.78. The molecule has 4 atom stereocenters. The second-order valence-corrected chi connectivity index (χ2v) is 10.9. The molecule has 192 valence electrons. The van der Waals surface area contributed by atoms with Crippen molar-refractivity contribution in [1.82, 2.24) is 9.80 Å². The van der Waals surface area contributed by atoms with Crippen molar-refractivity contribution in [3.63, 3.8) is 0 Å². The summed E-state index contributed by atoms with van der Waals surface area (Å²) in [4.78, 5) is 64.2. The van der Waals surface area contributed by atoms with Gasteiger partial charge in [-0.05, 0) is 30.7 Å². The van der Waals surface area contributed by atoms with E-state index in [2.05, 4.69) is 0 Å². The van der Waals surface area contributed by atoms with Crippen molar-refractivity contribution < 1.29 is 33.6 Å². The van der Waals surface area contributed by atoms with Crippen LogP contribution in [0.2, 0.25) is 0 Å². The van der Waals surface area contributed by atoms with Crippen LogP contribution in [0.15, 0.2) is 42.5 Å². The van der Waals surface area contributed by atoms with Gasteiger partial charge in [-0.3, -0.25) is 29.4 Å². The van der Waals surface area contributed by atoms with E-state index < -0.39 is 56.6 Å². The summed E-state index contributed by atoms with van der Waals surface area (Å²) >= 11 is 7.88. The molecule has 2 aromatic carbocycles. The Morgan fingerprint density at radius 2 is 1.89 bits per heavy atom. The molecule has 5 rings (SSSR count). The Balaban J connectivity index is 1.37. The van der Waals surface area contributed by atoms with E-state index in [9.17, 15) is 29.3 Å². The van der Waals surface area contributed by atoms with Gasteiger partial charge in [-0.1, -0.05) is 18.2 Å². The number of halogens is 1. The number of rotatable bonds is 6. The number of carbonyl (C=O) groups excluding carboxylic acids is 4. The van der Waals surface area contributed by atoms with E-state index in [1.54, 1.807) is 31.2 Å². The number of nitrogens with zero attached hydrogens (tertiary/aromatic N) is 3. The Morgan fingerprint density at radius 3 is 2.54 bits per heavy atom. The highest BCUT2D eigenvalue weighted by molar-refractivity contribution is 8.00. The van der Waals surface area contributed by atoms with Crippen molar-refractivity contribution in [2.75, 3.05) is 12.9 Å². The molecule has 13 heteroatoms. The van der Waals surface area contributed by atoms with Crippen LogP contribution in [-0.2, 0) is 20.9 Å². The zero-order chi connectivity index (χ0) is 26.6. The van der Waals surface area contributed by atoms with Crippen LogP contribution in [0.5, 0.6) is 5.75 Å². The number of methoxy groups -OCH3 is 1. The number of imide groups is 1. The van der Waals surface area contributed by atoms with Gasteiger partial charge in [0, 0.05) is 11.8 Å². The van der Waals surface area contributed by atoms with Crippen LogP contribution in [0, 0.1) is 10.1 Å². The van der Waals surface area contributed by atoms with Gasteiger partial charge in [-0.15, -0.1) is 23.4 Å². The Kier molecular flexibility index (Phi) is 6.11. The molecule has 3 heterocycles. The van der Waals surface area contributed by atoms with Crippen molar-refractivity contribution >= 4 is 52.7 Å². The van der Waals surface area contributed by atoms with Crippen molar-refractivity contribution in [1.29, 1.82) is 0 Å². The number of thioether (sulfide) groups is 1. The van der Waals surface area contributed by atoms with Crippen LogP contribution in [0.1, 0.15) is 33.2 Å². The molecule has 0 aromatic heterocycles. The number of hydrogen-bond acceptors (Lipinski definition) is 9. The molecule has 0 aliphatic carbocycles. The molecule has 2 aromatic rings. The lowest BCUT2D eigenvalue weighted by molar-refractivity contribution is -0.385. The summed E-state index contributed by atoms with van der Waals surface area (Å²) in [5.41, 5.74) is -0.287. The van der Waals surface area contributed by atoms with Gasteiger partial charge >= 0.3 is 5.97 Å². The Morgan fingerprint density at radius 1 is 1.19 bits per heavy atom. The third-order valence-corrected chi connectivity index (χ3v) is 8.69. The van der Waals surface area contributed by atoms with E-state index >= 15 is 0 Å². The second-order valence-electron chi connectivity index (χ2n) is 8.97. The van der Waals surface area contributed by atoms with E-state index in [0.717, 1.165) is 11.0 Å². The number of nitro groups is 1. The Labute approximate surface area is 219 Å². The van der Waals surface area contributed by atoms with Gasteiger partial charge in [0.1, 0.15) is 29.3 Å². The highest BCUT2D eigenvalue weighted by Gasteiger charge is 2.65. The van der Waals surface area contributed by atoms with Gasteiger partial charge in [0.05, 0.1) is 22.5 Å². The lowest BCUT2D eigenvalue weighted by Crippen LogP contribution is -2.78. The van der Waals surface area contributed by atoms with Gasteiger partial charge in [-0.25, -0.2) is 4.79 Å². The molecule has 0 radical (unpaired) electrons. The van der Waals surface area contributed by atoms with E-state index in [1.807, 2.05) is 0 Å². The maximum absolute atomic E-state index is 13.3. The fourth-order valence-corrected chi connectivity index (χ4v) is 6.62.